The maximum Gasteiger partial charge on any atom is 0.246 e. The molecule has 0 unspecified atom stereocenters. The zero-order valence-corrected chi connectivity index (χ0v) is 21.0. The fourth-order valence-corrected chi connectivity index (χ4v) is 4.23. The number of pyridine rings is 1. The van der Waals surface area contributed by atoms with Crippen LogP contribution >= 0.6 is 0 Å². The van der Waals surface area contributed by atoms with Gasteiger partial charge in [0.25, 0.3) is 0 Å². The molecule has 0 bridgehead atoms. The number of aromatic nitrogens is 4. The van der Waals surface area contributed by atoms with Gasteiger partial charge in [-0.15, -0.1) is 5.10 Å². The second-order valence-corrected chi connectivity index (χ2v) is 9.55. The number of hydrogen-bond acceptors (Lipinski definition) is 6. The van der Waals surface area contributed by atoms with Crippen molar-refractivity contribution in [2.45, 2.75) is 51.0 Å². The molecule has 1 aliphatic heterocycles. The van der Waals surface area contributed by atoms with Gasteiger partial charge in [-0.05, 0) is 23.1 Å². The van der Waals surface area contributed by atoms with Gasteiger partial charge in [-0.1, -0.05) is 50.2 Å². The molecule has 4 rings (SSSR count). The first-order valence-corrected chi connectivity index (χ1v) is 12.0. The molecule has 1 fully saturated rings. The SMILES string of the molecule is CC(C)c1ccc([C@@H](NC(=O)[C@@H]2C[C@@H](F)CN2C(=O)Cn2ncc(N(C)C)n2)c2ccccc2)nc1. The number of alkyl halides is 1. The normalized spacial score (nSPS) is 18.3. The van der Waals surface area contributed by atoms with Gasteiger partial charge in [-0.2, -0.15) is 9.90 Å². The molecule has 3 atom stereocenters. The van der Waals surface area contributed by atoms with Gasteiger partial charge >= 0.3 is 0 Å². The smallest absolute Gasteiger partial charge is 0.246 e. The Hall–Kier alpha value is -3.82. The summed E-state index contributed by atoms with van der Waals surface area (Å²) in [5.41, 5.74) is 2.61. The Balaban J connectivity index is 1.53. The van der Waals surface area contributed by atoms with Crippen molar-refractivity contribution < 1.29 is 14.0 Å². The number of likely N-dealkylation sites (tertiary alicyclic amines) is 1. The molecule has 36 heavy (non-hydrogen) atoms. The first-order chi connectivity index (χ1) is 17.2. The minimum Gasteiger partial charge on any atom is -0.360 e. The van der Waals surface area contributed by atoms with Crippen molar-refractivity contribution in [1.82, 2.24) is 30.2 Å². The van der Waals surface area contributed by atoms with Crippen LogP contribution in [0, 0.1) is 0 Å². The van der Waals surface area contributed by atoms with E-state index in [9.17, 15) is 14.0 Å². The molecular weight excluding hydrogens is 461 g/mol. The van der Waals surface area contributed by atoms with E-state index in [-0.39, 0.29) is 19.5 Å². The summed E-state index contributed by atoms with van der Waals surface area (Å²) in [7, 11) is 3.64. The standard InChI is InChI=1S/C26H32FN7O2/c1-17(2)19-10-11-21(28-13-19)25(18-8-6-5-7-9-18)30-26(36)22-12-20(27)15-33(22)24(35)16-34-29-14-23(31-34)32(3)4/h5-11,13-14,17,20,22,25H,12,15-16H2,1-4H3,(H,30,36)/t20-,22+,25+/m1/s1. The second-order valence-electron chi connectivity index (χ2n) is 9.55. The van der Waals surface area contributed by atoms with Crippen LogP contribution in [-0.2, 0) is 16.1 Å². The Labute approximate surface area is 210 Å². The topological polar surface area (TPSA) is 96.2 Å². The minimum atomic E-state index is -1.29. The summed E-state index contributed by atoms with van der Waals surface area (Å²) in [5, 5.41) is 11.4. The highest BCUT2D eigenvalue weighted by Gasteiger charge is 2.40. The van der Waals surface area contributed by atoms with Gasteiger partial charge < -0.3 is 15.1 Å². The number of rotatable bonds is 8. The van der Waals surface area contributed by atoms with Crippen molar-refractivity contribution >= 4 is 17.6 Å². The lowest BCUT2D eigenvalue weighted by atomic mass is 10.00. The zero-order chi connectivity index (χ0) is 25.8. The Morgan fingerprint density at radius 2 is 1.86 bits per heavy atom. The van der Waals surface area contributed by atoms with Gasteiger partial charge in [-0.25, -0.2) is 4.39 Å². The summed E-state index contributed by atoms with van der Waals surface area (Å²) in [6.07, 6.45) is 2.01. The first-order valence-electron chi connectivity index (χ1n) is 12.0. The molecule has 1 N–H and O–H groups in total. The number of nitrogens with zero attached hydrogens (tertiary/aromatic N) is 6. The maximum atomic E-state index is 14.5. The number of amides is 2. The van der Waals surface area contributed by atoms with Gasteiger partial charge in [0.2, 0.25) is 11.8 Å². The molecule has 190 valence electrons. The minimum absolute atomic E-state index is 0.0612. The summed E-state index contributed by atoms with van der Waals surface area (Å²) in [6, 6.07) is 11.9. The second kappa shape index (κ2) is 10.8. The van der Waals surface area contributed by atoms with Crippen molar-refractivity contribution in [2.75, 3.05) is 25.5 Å². The van der Waals surface area contributed by atoms with Gasteiger partial charge in [0.05, 0.1) is 24.5 Å². The van der Waals surface area contributed by atoms with E-state index < -0.39 is 30.1 Å². The van der Waals surface area contributed by atoms with Crippen LogP contribution in [-0.4, -0.2) is 69.5 Å². The number of carbonyl (C=O) groups excluding carboxylic acids is 2. The van der Waals surface area contributed by atoms with E-state index in [1.807, 2.05) is 62.8 Å². The summed E-state index contributed by atoms with van der Waals surface area (Å²) in [4.78, 5) is 35.4. The third-order valence-corrected chi connectivity index (χ3v) is 6.32. The van der Waals surface area contributed by atoms with Gasteiger partial charge in [-0.3, -0.25) is 14.6 Å². The predicted octanol–water partition coefficient (Wildman–Crippen LogP) is 2.71. The van der Waals surface area contributed by atoms with E-state index in [4.69, 9.17) is 0 Å². The zero-order valence-electron chi connectivity index (χ0n) is 21.0. The van der Waals surface area contributed by atoms with Crippen LogP contribution < -0.4 is 10.2 Å². The summed E-state index contributed by atoms with van der Waals surface area (Å²) < 4.78 is 14.5. The van der Waals surface area contributed by atoms with E-state index in [1.165, 1.54) is 9.70 Å². The monoisotopic (exact) mass is 493 g/mol. The average Bonchev–Trinajstić information content (AvgIpc) is 3.50. The summed E-state index contributed by atoms with van der Waals surface area (Å²) in [6.45, 7) is 3.86. The molecule has 0 radical (unpaired) electrons. The lowest BCUT2D eigenvalue weighted by Gasteiger charge is -2.26. The van der Waals surface area contributed by atoms with E-state index >= 15 is 0 Å². The van der Waals surface area contributed by atoms with Crippen LogP contribution in [0.5, 0.6) is 0 Å². The number of benzene rings is 1. The van der Waals surface area contributed by atoms with Crippen LogP contribution in [0.1, 0.15) is 49.0 Å². The number of nitrogens with one attached hydrogen (secondary N) is 1. The first kappa shape index (κ1) is 25.3. The summed E-state index contributed by atoms with van der Waals surface area (Å²) >= 11 is 0. The quantitative estimate of drug-likeness (QED) is 0.518. The molecule has 10 heteroatoms. The van der Waals surface area contributed by atoms with Crippen molar-refractivity contribution in [3.05, 3.63) is 71.7 Å². The Morgan fingerprint density at radius 3 is 2.47 bits per heavy atom. The molecule has 3 aromatic rings. The third kappa shape index (κ3) is 5.69. The molecule has 0 spiro atoms. The Bertz CT molecular complexity index is 1180. The fourth-order valence-electron chi connectivity index (χ4n) is 4.23. The molecule has 2 aromatic heterocycles. The van der Waals surface area contributed by atoms with Gasteiger partial charge in [0.1, 0.15) is 18.8 Å². The van der Waals surface area contributed by atoms with Crippen molar-refractivity contribution in [1.29, 1.82) is 0 Å². The predicted molar refractivity (Wildman–Crippen MR) is 134 cm³/mol. The van der Waals surface area contributed by atoms with Gasteiger partial charge in [0.15, 0.2) is 5.82 Å². The van der Waals surface area contributed by atoms with Crippen LogP contribution in [0.4, 0.5) is 10.2 Å². The molecule has 1 aromatic carbocycles. The van der Waals surface area contributed by atoms with Crippen LogP contribution in [0.2, 0.25) is 0 Å². The van der Waals surface area contributed by atoms with Crippen LogP contribution in [0.3, 0.4) is 0 Å². The maximum absolute atomic E-state index is 14.5. The molecule has 2 amide bonds. The summed E-state index contributed by atoms with van der Waals surface area (Å²) in [5.74, 6) is 0.0962. The number of halogens is 1. The molecule has 9 nitrogen and oxygen atoms in total. The highest BCUT2D eigenvalue weighted by atomic mass is 19.1. The van der Waals surface area contributed by atoms with Crippen LogP contribution in [0.25, 0.3) is 0 Å². The molecular formula is C26H32FN7O2. The number of carbonyl (C=O) groups is 2. The Morgan fingerprint density at radius 1 is 1.11 bits per heavy atom. The van der Waals surface area contributed by atoms with E-state index in [2.05, 4.69) is 34.3 Å². The highest BCUT2D eigenvalue weighted by molar-refractivity contribution is 5.88. The molecule has 1 aliphatic rings. The Kier molecular flexibility index (Phi) is 7.61. The highest BCUT2D eigenvalue weighted by Crippen LogP contribution is 2.26. The van der Waals surface area contributed by atoms with Crippen molar-refractivity contribution in [3.8, 4) is 0 Å². The van der Waals surface area contributed by atoms with E-state index in [0.29, 0.717) is 17.4 Å². The van der Waals surface area contributed by atoms with Crippen molar-refractivity contribution in [3.63, 3.8) is 0 Å². The number of anilines is 1. The van der Waals surface area contributed by atoms with E-state index in [0.717, 1.165) is 11.1 Å². The third-order valence-electron chi connectivity index (χ3n) is 6.32. The molecule has 0 aliphatic carbocycles. The molecule has 3 heterocycles. The lowest BCUT2D eigenvalue weighted by Crippen LogP contribution is -2.48. The molecule has 0 saturated carbocycles. The largest absolute Gasteiger partial charge is 0.360 e. The van der Waals surface area contributed by atoms with Crippen molar-refractivity contribution in [2.24, 2.45) is 0 Å². The molecule has 1 saturated heterocycles. The van der Waals surface area contributed by atoms with E-state index in [1.54, 1.807) is 11.1 Å². The van der Waals surface area contributed by atoms with Gasteiger partial charge in [0, 0.05) is 26.7 Å². The lowest BCUT2D eigenvalue weighted by molar-refractivity contribution is -0.139. The fraction of sp³-hybridized carbons (Fsp3) is 0.423. The van der Waals surface area contributed by atoms with Crippen LogP contribution in [0.15, 0.2) is 54.9 Å². The average molecular weight is 494 g/mol. The number of hydrogen-bond donors (Lipinski definition) is 1.